The lowest BCUT2D eigenvalue weighted by Gasteiger charge is -2.30. The van der Waals surface area contributed by atoms with Crippen LogP contribution < -0.4 is 16.0 Å². The monoisotopic (exact) mass is 748 g/mol. The average molecular weight is 748 g/mol. The molecule has 0 unspecified atom stereocenters. The predicted molar refractivity (Wildman–Crippen MR) is 226 cm³/mol. The van der Waals surface area contributed by atoms with E-state index in [9.17, 15) is 14.4 Å². The van der Waals surface area contributed by atoms with Crippen LogP contribution in [0.3, 0.4) is 0 Å². The molecule has 54 heavy (non-hydrogen) atoms. The minimum atomic E-state index is -0.166. The number of rotatable bonds is 24. The van der Waals surface area contributed by atoms with Gasteiger partial charge < -0.3 is 16.0 Å². The van der Waals surface area contributed by atoms with Crippen molar-refractivity contribution in [3.05, 3.63) is 34.9 Å². The molecule has 1 aromatic carbocycles. The van der Waals surface area contributed by atoms with Crippen molar-refractivity contribution in [1.82, 2.24) is 16.0 Å². The lowest BCUT2D eigenvalue weighted by atomic mass is 9.82. The highest BCUT2D eigenvalue weighted by molar-refractivity contribution is 6.04. The second-order valence-electron chi connectivity index (χ2n) is 18.0. The lowest BCUT2D eigenvalue weighted by Crippen LogP contribution is -2.40. The van der Waals surface area contributed by atoms with Gasteiger partial charge in [-0.25, -0.2) is 0 Å². The second kappa shape index (κ2) is 25.7. The molecule has 3 N–H and O–H groups in total. The van der Waals surface area contributed by atoms with Crippen molar-refractivity contribution in [2.24, 2.45) is 17.8 Å². The molecule has 0 radical (unpaired) electrons. The molecular formula is C48H81N3O3. The van der Waals surface area contributed by atoms with E-state index in [4.69, 9.17) is 0 Å². The van der Waals surface area contributed by atoms with Crippen LogP contribution in [0.15, 0.2) is 18.2 Å². The number of amides is 3. The first kappa shape index (κ1) is 44.3. The van der Waals surface area contributed by atoms with Crippen LogP contribution in [0.4, 0.5) is 0 Å². The molecular weight excluding hydrogens is 667 g/mol. The normalized spacial score (nSPS) is 24.5. The maximum Gasteiger partial charge on any atom is 0.251 e. The number of carbonyl (C=O) groups is 3. The van der Waals surface area contributed by atoms with E-state index in [2.05, 4.69) is 36.7 Å². The van der Waals surface area contributed by atoms with Crippen LogP contribution >= 0.6 is 0 Å². The first-order valence-electron chi connectivity index (χ1n) is 23.5. The number of carbonyl (C=O) groups excluding carboxylic acids is 3. The second-order valence-corrected chi connectivity index (χ2v) is 18.0. The molecule has 3 aliphatic carbocycles. The number of nitrogens with one attached hydrogen (secondary N) is 3. The van der Waals surface area contributed by atoms with Gasteiger partial charge in [0, 0.05) is 34.8 Å². The van der Waals surface area contributed by atoms with Crippen molar-refractivity contribution in [3.8, 4) is 0 Å². The molecule has 0 spiro atoms. The van der Waals surface area contributed by atoms with Crippen molar-refractivity contribution in [2.45, 2.75) is 232 Å². The van der Waals surface area contributed by atoms with Crippen molar-refractivity contribution in [2.75, 3.05) is 0 Å². The third-order valence-electron chi connectivity index (χ3n) is 13.4. The highest BCUT2D eigenvalue weighted by Gasteiger charge is 2.27. The summed E-state index contributed by atoms with van der Waals surface area (Å²) in [5.41, 5.74) is 1.26. The largest absolute Gasteiger partial charge is 0.349 e. The Labute approximate surface area is 331 Å². The van der Waals surface area contributed by atoms with E-state index < -0.39 is 0 Å². The van der Waals surface area contributed by atoms with Crippen LogP contribution in [0, 0.1) is 17.8 Å². The topological polar surface area (TPSA) is 87.3 Å². The molecule has 0 aliphatic heterocycles. The summed E-state index contributed by atoms with van der Waals surface area (Å²) in [5, 5.41) is 9.89. The summed E-state index contributed by atoms with van der Waals surface area (Å²) >= 11 is 0. The highest BCUT2D eigenvalue weighted by atomic mass is 16.2. The number of benzene rings is 1. The van der Waals surface area contributed by atoms with E-state index in [1.165, 1.54) is 116 Å². The van der Waals surface area contributed by atoms with Gasteiger partial charge in [0.25, 0.3) is 17.7 Å². The lowest BCUT2D eigenvalue weighted by molar-refractivity contribution is 0.0920. The summed E-state index contributed by atoms with van der Waals surface area (Å²) < 4.78 is 0. The van der Waals surface area contributed by atoms with Gasteiger partial charge in [0.05, 0.1) is 0 Å². The summed E-state index contributed by atoms with van der Waals surface area (Å²) in [5.74, 6) is 1.80. The molecule has 0 aromatic heterocycles. The fraction of sp³-hybridized carbons (Fsp3) is 0.812. The summed E-state index contributed by atoms with van der Waals surface area (Å²) in [6, 6.07) is 5.59. The minimum absolute atomic E-state index is 0.146. The summed E-state index contributed by atoms with van der Waals surface area (Å²) in [6.45, 7) is 6.80. The van der Waals surface area contributed by atoms with Crippen molar-refractivity contribution < 1.29 is 14.4 Å². The molecule has 3 amide bonds. The summed E-state index contributed by atoms with van der Waals surface area (Å²) in [6.07, 6.45) is 36.8. The van der Waals surface area contributed by atoms with Crippen LogP contribution in [0.5, 0.6) is 0 Å². The molecule has 6 nitrogen and oxygen atoms in total. The Kier molecular flexibility index (Phi) is 21.1. The van der Waals surface area contributed by atoms with Crippen LogP contribution in [0.25, 0.3) is 0 Å². The summed E-state index contributed by atoms with van der Waals surface area (Å²) in [7, 11) is 0. The maximum atomic E-state index is 13.8. The molecule has 3 fully saturated rings. The Balaban J connectivity index is 1.33. The van der Waals surface area contributed by atoms with Gasteiger partial charge in [-0.15, -0.1) is 0 Å². The van der Waals surface area contributed by atoms with E-state index >= 15 is 0 Å². The van der Waals surface area contributed by atoms with Gasteiger partial charge in [-0.1, -0.05) is 136 Å². The van der Waals surface area contributed by atoms with Crippen molar-refractivity contribution >= 4 is 17.7 Å². The van der Waals surface area contributed by atoms with Gasteiger partial charge in [0.1, 0.15) is 0 Å². The van der Waals surface area contributed by atoms with Crippen LogP contribution in [-0.2, 0) is 0 Å². The number of hydrogen-bond donors (Lipinski definition) is 3. The zero-order valence-corrected chi connectivity index (χ0v) is 35.1. The minimum Gasteiger partial charge on any atom is -0.349 e. The first-order chi connectivity index (χ1) is 26.4. The van der Waals surface area contributed by atoms with E-state index in [1.807, 2.05) is 0 Å². The molecule has 3 saturated carbocycles. The Hall–Kier alpha value is -2.37. The van der Waals surface area contributed by atoms with Gasteiger partial charge >= 0.3 is 0 Å². The van der Waals surface area contributed by atoms with Gasteiger partial charge in [-0.3, -0.25) is 14.4 Å². The quantitative estimate of drug-likeness (QED) is 0.0920. The predicted octanol–water partition coefficient (Wildman–Crippen LogP) is 12.6. The zero-order valence-electron chi connectivity index (χ0n) is 35.1. The Morgan fingerprint density at radius 1 is 0.389 bits per heavy atom. The molecule has 6 heteroatoms. The molecule has 3 aliphatic rings. The fourth-order valence-electron chi connectivity index (χ4n) is 9.72. The zero-order chi connectivity index (χ0) is 38.4. The van der Waals surface area contributed by atoms with Crippen LogP contribution in [-0.4, -0.2) is 35.8 Å². The van der Waals surface area contributed by atoms with Crippen molar-refractivity contribution in [1.29, 1.82) is 0 Å². The molecule has 4 rings (SSSR count). The van der Waals surface area contributed by atoms with Gasteiger partial charge in [0.15, 0.2) is 0 Å². The molecule has 0 atom stereocenters. The standard InChI is InChI=1S/C48H81N3O3/c1-4-7-10-13-16-19-37-22-28-43(29-23-37)49-46(52)40-34-41(47(53)50-44-30-24-38(25-31-44)20-17-14-11-8-5-2)36-42(35-40)48(54)51-45-32-26-39(27-33-45)21-18-15-12-9-6-3/h34-39,43-45H,4-33H2,1-3H3,(H,49,52)(H,50,53)(H,51,54). The third-order valence-corrected chi connectivity index (χ3v) is 13.4. The van der Waals surface area contributed by atoms with Gasteiger partial charge in [0.2, 0.25) is 0 Å². The Bertz CT molecular complexity index is 1050. The van der Waals surface area contributed by atoms with E-state index in [0.717, 1.165) is 94.8 Å². The van der Waals surface area contributed by atoms with Crippen LogP contribution in [0.1, 0.15) is 244 Å². The maximum absolute atomic E-state index is 13.8. The van der Waals surface area contributed by atoms with Gasteiger partial charge in [-0.2, -0.15) is 0 Å². The summed E-state index contributed by atoms with van der Waals surface area (Å²) in [4.78, 5) is 41.3. The third kappa shape index (κ3) is 16.4. The molecule has 0 saturated heterocycles. The van der Waals surface area contributed by atoms with E-state index in [0.29, 0.717) is 16.7 Å². The Morgan fingerprint density at radius 3 is 0.870 bits per heavy atom. The average Bonchev–Trinajstić information content (AvgIpc) is 3.19. The number of hydrogen-bond acceptors (Lipinski definition) is 3. The van der Waals surface area contributed by atoms with E-state index in [1.54, 1.807) is 18.2 Å². The van der Waals surface area contributed by atoms with Crippen LogP contribution in [0.2, 0.25) is 0 Å². The molecule has 0 bridgehead atoms. The van der Waals surface area contributed by atoms with Gasteiger partial charge in [-0.05, 0) is 113 Å². The fourth-order valence-corrected chi connectivity index (χ4v) is 9.72. The SMILES string of the molecule is CCCCCCCC1CCC(NC(=O)c2cc(C(=O)NC3CCC(CCCCCCC)CC3)cc(C(=O)NC3CCC(CCCCCCC)CC3)c2)CC1. The molecule has 0 heterocycles. The smallest absolute Gasteiger partial charge is 0.251 e. The molecule has 306 valence electrons. The number of unbranched alkanes of at least 4 members (excludes halogenated alkanes) is 12. The first-order valence-corrected chi connectivity index (χ1v) is 23.5. The Morgan fingerprint density at radius 2 is 0.630 bits per heavy atom. The molecule has 1 aromatic rings. The van der Waals surface area contributed by atoms with Crippen molar-refractivity contribution in [3.63, 3.8) is 0 Å². The highest BCUT2D eigenvalue weighted by Crippen LogP contribution is 2.31. The van der Waals surface area contributed by atoms with E-state index in [-0.39, 0.29) is 35.8 Å².